The molecule has 2 nitrogen and oxygen atoms in total. The highest BCUT2D eigenvalue weighted by atomic mass is 79.9. The van der Waals surface area contributed by atoms with Crippen LogP contribution in [0.3, 0.4) is 0 Å². The van der Waals surface area contributed by atoms with Gasteiger partial charge in [-0.15, -0.1) is 0 Å². The molecular formula is C15H13BrO2. The second-order valence-corrected chi connectivity index (χ2v) is 4.93. The Morgan fingerprint density at radius 3 is 2.78 bits per heavy atom. The van der Waals surface area contributed by atoms with Gasteiger partial charge in [-0.1, -0.05) is 45.8 Å². The molecule has 0 aromatic heterocycles. The second-order valence-electron chi connectivity index (χ2n) is 4.08. The first kappa shape index (κ1) is 12.8. The molecule has 0 aliphatic heterocycles. The van der Waals surface area contributed by atoms with Crippen LogP contribution in [0.25, 0.3) is 0 Å². The molecule has 0 atom stereocenters. The van der Waals surface area contributed by atoms with Gasteiger partial charge in [-0.2, -0.15) is 0 Å². The zero-order valence-electron chi connectivity index (χ0n) is 10.0. The number of hydrogen-bond acceptors (Lipinski definition) is 2. The number of aldehydes is 1. The first-order chi connectivity index (χ1) is 8.69. The summed E-state index contributed by atoms with van der Waals surface area (Å²) in [6.45, 7) is 2.55. The van der Waals surface area contributed by atoms with Crippen LogP contribution in [-0.4, -0.2) is 6.29 Å². The molecule has 0 fully saturated rings. The van der Waals surface area contributed by atoms with Gasteiger partial charge < -0.3 is 4.74 Å². The van der Waals surface area contributed by atoms with Crippen molar-refractivity contribution in [3.63, 3.8) is 0 Å². The summed E-state index contributed by atoms with van der Waals surface area (Å²) in [5, 5.41) is 0. The van der Waals surface area contributed by atoms with E-state index in [0.717, 1.165) is 16.3 Å². The first-order valence-electron chi connectivity index (χ1n) is 5.62. The lowest BCUT2D eigenvalue weighted by molar-refractivity contribution is 0.112. The molecule has 0 spiro atoms. The van der Waals surface area contributed by atoms with E-state index >= 15 is 0 Å². The highest BCUT2D eigenvalue weighted by Gasteiger charge is 2.02. The first-order valence-corrected chi connectivity index (χ1v) is 6.41. The molecule has 0 N–H and O–H groups in total. The minimum Gasteiger partial charge on any atom is -0.489 e. The monoisotopic (exact) mass is 304 g/mol. The van der Waals surface area contributed by atoms with E-state index in [0.29, 0.717) is 17.9 Å². The Labute approximate surface area is 115 Å². The number of benzene rings is 2. The van der Waals surface area contributed by atoms with Gasteiger partial charge in [0.05, 0.1) is 0 Å². The fourth-order valence-corrected chi connectivity index (χ4v) is 2.01. The molecule has 3 heteroatoms. The lowest BCUT2D eigenvalue weighted by atomic mass is 10.1. The predicted molar refractivity (Wildman–Crippen MR) is 75.0 cm³/mol. The third kappa shape index (κ3) is 3.20. The largest absolute Gasteiger partial charge is 0.489 e. The summed E-state index contributed by atoms with van der Waals surface area (Å²) in [5.41, 5.74) is 2.92. The number of ether oxygens (including phenoxy) is 1. The molecule has 0 heterocycles. The van der Waals surface area contributed by atoms with Crippen LogP contribution in [0.15, 0.2) is 46.9 Å². The van der Waals surface area contributed by atoms with Crippen molar-refractivity contribution in [2.24, 2.45) is 0 Å². The van der Waals surface area contributed by atoms with Gasteiger partial charge in [0.2, 0.25) is 0 Å². The molecule has 0 aliphatic carbocycles. The third-order valence-corrected chi connectivity index (χ3v) is 3.30. The van der Waals surface area contributed by atoms with Crippen molar-refractivity contribution in [1.82, 2.24) is 0 Å². The standard InChI is InChI=1S/C15H13BrO2/c1-11-3-2-4-12(7-11)10-18-14-5-6-15(16)13(8-14)9-17/h2-9H,10H2,1H3. The van der Waals surface area contributed by atoms with Crippen molar-refractivity contribution < 1.29 is 9.53 Å². The summed E-state index contributed by atoms with van der Waals surface area (Å²) in [7, 11) is 0. The third-order valence-electron chi connectivity index (χ3n) is 2.58. The second kappa shape index (κ2) is 5.83. The maximum atomic E-state index is 10.8. The van der Waals surface area contributed by atoms with Gasteiger partial charge in [0, 0.05) is 10.0 Å². The minimum absolute atomic E-state index is 0.502. The SMILES string of the molecule is Cc1cccc(COc2ccc(Br)c(C=O)c2)c1. The van der Waals surface area contributed by atoms with Crippen LogP contribution in [0, 0.1) is 6.92 Å². The molecule has 0 aliphatic rings. The lowest BCUT2D eigenvalue weighted by Crippen LogP contribution is -1.96. The molecule has 2 aromatic rings. The Bertz CT molecular complexity index is 564. The molecule has 2 rings (SSSR count). The van der Waals surface area contributed by atoms with Crippen LogP contribution in [-0.2, 0) is 6.61 Å². The summed E-state index contributed by atoms with van der Waals surface area (Å²) < 4.78 is 6.44. The van der Waals surface area contributed by atoms with E-state index in [1.807, 2.05) is 37.3 Å². The Morgan fingerprint density at radius 2 is 2.06 bits per heavy atom. The van der Waals surface area contributed by atoms with E-state index in [-0.39, 0.29) is 0 Å². The van der Waals surface area contributed by atoms with Gasteiger partial charge in [-0.3, -0.25) is 4.79 Å². The van der Waals surface area contributed by atoms with E-state index in [1.165, 1.54) is 5.56 Å². The molecule has 0 radical (unpaired) electrons. The van der Waals surface area contributed by atoms with Crippen molar-refractivity contribution >= 4 is 22.2 Å². The normalized spacial score (nSPS) is 10.1. The minimum atomic E-state index is 0.502. The highest BCUT2D eigenvalue weighted by Crippen LogP contribution is 2.22. The summed E-state index contributed by atoms with van der Waals surface area (Å²) in [4.78, 5) is 10.8. The molecule has 18 heavy (non-hydrogen) atoms. The number of carbonyl (C=O) groups excluding carboxylic acids is 1. The molecular weight excluding hydrogens is 292 g/mol. The van der Waals surface area contributed by atoms with Crippen LogP contribution in [0.4, 0.5) is 0 Å². The summed E-state index contributed by atoms with van der Waals surface area (Å²) in [6, 6.07) is 13.5. The lowest BCUT2D eigenvalue weighted by Gasteiger charge is -2.08. The zero-order chi connectivity index (χ0) is 13.0. The number of aryl methyl sites for hydroxylation is 1. The maximum Gasteiger partial charge on any atom is 0.151 e. The van der Waals surface area contributed by atoms with Crippen molar-refractivity contribution in [3.8, 4) is 5.75 Å². The van der Waals surface area contributed by atoms with E-state index in [4.69, 9.17) is 4.74 Å². The van der Waals surface area contributed by atoms with Crippen molar-refractivity contribution in [2.45, 2.75) is 13.5 Å². The summed E-state index contributed by atoms with van der Waals surface area (Å²) >= 11 is 3.31. The molecule has 0 bridgehead atoms. The predicted octanol–water partition coefficient (Wildman–Crippen LogP) is 4.15. The van der Waals surface area contributed by atoms with Gasteiger partial charge in [0.25, 0.3) is 0 Å². The van der Waals surface area contributed by atoms with Gasteiger partial charge in [0.1, 0.15) is 12.4 Å². The Hall–Kier alpha value is -1.61. The molecule has 2 aromatic carbocycles. The molecule has 0 unspecified atom stereocenters. The van der Waals surface area contributed by atoms with Crippen LogP contribution < -0.4 is 4.74 Å². The van der Waals surface area contributed by atoms with Crippen LogP contribution >= 0.6 is 15.9 Å². The van der Waals surface area contributed by atoms with Crippen molar-refractivity contribution in [1.29, 1.82) is 0 Å². The van der Waals surface area contributed by atoms with Gasteiger partial charge >= 0.3 is 0 Å². The van der Waals surface area contributed by atoms with Crippen LogP contribution in [0.5, 0.6) is 5.75 Å². The van der Waals surface area contributed by atoms with Crippen molar-refractivity contribution in [2.75, 3.05) is 0 Å². The zero-order valence-corrected chi connectivity index (χ0v) is 11.6. The van der Waals surface area contributed by atoms with E-state index < -0.39 is 0 Å². The van der Waals surface area contributed by atoms with Crippen LogP contribution in [0.2, 0.25) is 0 Å². The van der Waals surface area contributed by atoms with Crippen LogP contribution in [0.1, 0.15) is 21.5 Å². The van der Waals surface area contributed by atoms with Gasteiger partial charge in [-0.25, -0.2) is 0 Å². The number of halogens is 1. The average molecular weight is 305 g/mol. The Morgan fingerprint density at radius 1 is 1.22 bits per heavy atom. The number of hydrogen-bond donors (Lipinski definition) is 0. The maximum absolute atomic E-state index is 10.8. The number of rotatable bonds is 4. The average Bonchev–Trinajstić information content (AvgIpc) is 2.38. The molecule has 0 amide bonds. The Kier molecular flexibility index (Phi) is 4.15. The summed E-state index contributed by atoms with van der Waals surface area (Å²) in [6.07, 6.45) is 0.809. The highest BCUT2D eigenvalue weighted by molar-refractivity contribution is 9.10. The fourth-order valence-electron chi connectivity index (χ4n) is 1.67. The molecule has 0 saturated carbocycles. The number of carbonyl (C=O) groups is 1. The quantitative estimate of drug-likeness (QED) is 0.793. The van der Waals surface area contributed by atoms with E-state index in [2.05, 4.69) is 22.0 Å². The molecule has 92 valence electrons. The Balaban J connectivity index is 2.08. The smallest absolute Gasteiger partial charge is 0.151 e. The van der Waals surface area contributed by atoms with Gasteiger partial charge in [-0.05, 0) is 30.7 Å². The summed E-state index contributed by atoms with van der Waals surface area (Å²) in [5.74, 6) is 0.696. The fraction of sp³-hybridized carbons (Fsp3) is 0.133. The topological polar surface area (TPSA) is 26.3 Å². The van der Waals surface area contributed by atoms with E-state index in [1.54, 1.807) is 6.07 Å². The molecule has 0 saturated heterocycles. The van der Waals surface area contributed by atoms with Gasteiger partial charge in [0.15, 0.2) is 6.29 Å². The van der Waals surface area contributed by atoms with E-state index in [9.17, 15) is 4.79 Å². The van der Waals surface area contributed by atoms with Crippen molar-refractivity contribution in [3.05, 3.63) is 63.6 Å².